The van der Waals surface area contributed by atoms with Gasteiger partial charge in [0.1, 0.15) is 0 Å². The highest BCUT2D eigenvalue weighted by molar-refractivity contribution is 5.74. The largest absolute Gasteiger partial charge is 0.381 e. The van der Waals surface area contributed by atoms with Gasteiger partial charge in [0.25, 0.3) is 0 Å². The Labute approximate surface area is 178 Å². The van der Waals surface area contributed by atoms with Crippen molar-refractivity contribution in [3.8, 4) is 0 Å². The molecule has 3 aliphatic rings. The van der Waals surface area contributed by atoms with Gasteiger partial charge in [-0.2, -0.15) is 0 Å². The summed E-state index contributed by atoms with van der Waals surface area (Å²) >= 11 is 0. The molecule has 2 N–H and O–H groups in total. The Kier molecular flexibility index (Phi) is 5.44. The molecule has 2 aromatic rings. The normalized spacial score (nSPS) is 24.9. The van der Waals surface area contributed by atoms with E-state index < -0.39 is 0 Å². The number of amides is 2. The van der Waals surface area contributed by atoms with Crippen LogP contribution in [0, 0.1) is 5.92 Å². The third-order valence-electron chi connectivity index (χ3n) is 7.02. The number of pyridine rings is 1. The Morgan fingerprint density at radius 2 is 1.87 bits per heavy atom. The van der Waals surface area contributed by atoms with E-state index in [1.54, 1.807) is 11.1 Å². The topological polar surface area (TPSA) is 71.7 Å². The standard InChI is InChI=1S/C24H30N4O2/c25-24(29)28-15-21-13-26-9-5-22(21)23(28)20-3-1-18(2-4-20)19-6-10-27(11-7-19)14-17-8-12-30-16-17/h1-5,9,13,17,19,23H,6-8,10-12,14-16H2,(H2,25,29). The average Bonchev–Trinajstić information content (AvgIpc) is 3.42. The highest BCUT2D eigenvalue weighted by atomic mass is 16.5. The molecule has 0 aliphatic carbocycles. The zero-order valence-corrected chi connectivity index (χ0v) is 17.4. The number of urea groups is 1. The molecule has 30 heavy (non-hydrogen) atoms. The van der Waals surface area contributed by atoms with Crippen molar-refractivity contribution in [1.82, 2.24) is 14.8 Å². The van der Waals surface area contributed by atoms with Crippen LogP contribution in [0.3, 0.4) is 0 Å². The number of likely N-dealkylation sites (tertiary alicyclic amines) is 1. The van der Waals surface area contributed by atoms with Crippen LogP contribution in [0.1, 0.15) is 53.5 Å². The van der Waals surface area contributed by atoms with E-state index in [-0.39, 0.29) is 12.1 Å². The lowest BCUT2D eigenvalue weighted by Gasteiger charge is -2.33. The number of hydrogen-bond donors (Lipinski definition) is 1. The van der Waals surface area contributed by atoms with Gasteiger partial charge in [0, 0.05) is 25.5 Å². The second kappa shape index (κ2) is 8.36. The molecule has 6 nitrogen and oxygen atoms in total. The smallest absolute Gasteiger partial charge is 0.315 e. The van der Waals surface area contributed by atoms with Crippen molar-refractivity contribution in [2.45, 2.75) is 37.8 Å². The summed E-state index contributed by atoms with van der Waals surface area (Å²) in [6.45, 7) is 5.91. The molecule has 158 valence electrons. The van der Waals surface area contributed by atoms with Crippen molar-refractivity contribution in [2.24, 2.45) is 11.7 Å². The summed E-state index contributed by atoms with van der Waals surface area (Å²) in [7, 11) is 0. The maximum absolute atomic E-state index is 12.0. The first-order valence-corrected chi connectivity index (χ1v) is 11.1. The second-order valence-electron chi connectivity index (χ2n) is 8.91. The van der Waals surface area contributed by atoms with Crippen LogP contribution in [-0.4, -0.2) is 53.7 Å². The number of rotatable bonds is 4. The maximum Gasteiger partial charge on any atom is 0.315 e. The summed E-state index contributed by atoms with van der Waals surface area (Å²) in [4.78, 5) is 20.6. The summed E-state index contributed by atoms with van der Waals surface area (Å²) < 4.78 is 5.52. The van der Waals surface area contributed by atoms with Crippen molar-refractivity contribution in [3.63, 3.8) is 0 Å². The van der Waals surface area contributed by atoms with Gasteiger partial charge in [-0.1, -0.05) is 24.3 Å². The van der Waals surface area contributed by atoms with Crippen LogP contribution in [-0.2, 0) is 11.3 Å². The quantitative estimate of drug-likeness (QED) is 0.846. The fraction of sp³-hybridized carbons (Fsp3) is 0.500. The monoisotopic (exact) mass is 406 g/mol. The van der Waals surface area contributed by atoms with Crippen molar-refractivity contribution >= 4 is 6.03 Å². The lowest BCUT2D eigenvalue weighted by molar-refractivity contribution is 0.152. The molecule has 1 aromatic carbocycles. The molecule has 0 bridgehead atoms. The van der Waals surface area contributed by atoms with Crippen LogP contribution < -0.4 is 5.73 Å². The molecule has 1 aromatic heterocycles. The van der Waals surface area contributed by atoms with Gasteiger partial charge < -0.3 is 20.3 Å². The molecular formula is C24H30N4O2. The van der Waals surface area contributed by atoms with Crippen molar-refractivity contribution in [3.05, 3.63) is 65.0 Å². The molecule has 5 rings (SSSR count). The molecule has 6 heteroatoms. The molecule has 3 aliphatic heterocycles. The number of primary amides is 1. The molecule has 0 radical (unpaired) electrons. The Bertz CT molecular complexity index is 886. The Hall–Kier alpha value is -2.44. The molecule has 4 heterocycles. The summed E-state index contributed by atoms with van der Waals surface area (Å²) in [6, 6.07) is 10.3. The fourth-order valence-electron chi connectivity index (χ4n) is 5.34. The van der Waals surface area contributed by atoms with Crippen LogP contribution in [0.25, 0.3) is 0 Å². The van der Waals surface area contributed by atoms with Crippen LogP contribution in [0.4, 0.5) is 4.79 Å². The third-order valence-corrected chi connectivity index (χ3v) is 7.02. The second-order valence-corrected chi connectivity index (χ2v) is 8.91. The van der Waals surface area contributed by atoms with Gasteiger partial charge in [-0.25, -0.2) is 4.79 Å². The van der Waals surface area contributed by atoms with E-state index in [2.05, 4.69) is 34.1 Å². The highest BCUT2D eigenvalue weighted by Gasteiger charge is 2.34. The number of nitrogens with two attached hydrogens (primary N) is 1. The van der Waals surface area contributed by atoms with E-state index in [1.807, 2.05) is 12.3 Å². The number of nitrogens with zero attached hydrogens (tertiary/aromatic N) is 3. The first kappa shape index (κ1) is 19.5. The van der Waals surface area contributed by atoms with Gasteiger partial charge in [0.2, 0.25) is 0 Å². The number of fused-ring (bicyclic) bond motifs is 1. The minimum atomic E-state index is -0.389. The van der Waals surface area contributed by atoms with Gasteiger partial charge in [-0.05, 0) is 72.5 Å². The van der Waals surface area contributed by atoms with Crippen LogP contribution >= 0.6 is 0 Å². The number of piperidine rings is 1. The lowest BCUT2D eigenvalue weighted by atomic mass is 9.87. The summed E-state index contributed by atoms with van der Waals surface area (Å²) in [5.41, 5.74) is 10.4. The number of hydrogen-bond acceptors (Lipinski definition) is 4. The van der Waals surface area contributed by atoms with E-state index >= 15 is 0 Å². The first-order chi connectivity index (χ1) is 14.7. The molecule has 0 saturated carbocycles. The molecule has 2 unspecified atom stereocenters. The lowest BCUT2D eigenvalue weighted by Crippen LogP contribution is -2.36. The maximum atomic E-state index is 12.0. The number of carbonyl (C=O) groups excluding carboxylic acids is 1. The van der Waals surface area contributed by atoms with E-state index in [0.717, 1.165) is 35.8 Å². The Morgan fingerprint density at radius 3 is 2.57 bits per heavy atom. The van der Waals surface area contributed by atoms with E-state index in [4.69, 9.17) is 10.5 Å². The van der Waals surface area contributed by atoms with Crippen LogP contribution in [0.15, 0.2) is 42.7 Å². The van der Waals surface area contributed by atoms with E-state index in [1.165, 1.54) is 44.5 Å². The molecule has 2 saturated heterocycles. The van der Waals surface area contributed by atoms with Gasteiger partial charge in [-0.15, -0.1) is 0 Å². The van der Waals surface area contributed by atoms with Crippen molar-refractivity contribution in [2.75, 3.05) is 32.8 Å². The number of ether oxygens (including phenoxy) is 1. The Morgan fingerprint density at radius 1 is 1.10 bits per heavy atom. The first-order valence-electron chi connectivity index (χ1n) is 11.1. The van der Waals surface area contributed by atoms with Crippen LogP contribution in [0.2, 0.25) is 0 Å². The van der Waals surface area contributed by atoms with E-state index in [0.29, 0.717) is 12.5 Å². The summed E-state index contributed by atoms with van der Waals surface area (Å²) in [5, 5.41) is 0. The molecular weight excluding hydrogens is 376 g/mol. The van der Waals surface area contributed by atoms with E-state index in [9.17, 15) is 4.79 Å². The predicted molar refractivity (Wildman–Crippen MR) is 115 cm³/mol. The highest BCUT2D eigenvalue weighted by Crippen LogP contribution is 2.38. The average molecular weight is 407 g/mol. The van der Waals surface area contributed by atoms with Crippen LogP contribution in [0.5, 0.6) is 0 Å². The predicted octanol–water partition coefficient (Wildman–Crippen LogP) is 3.28. The number of carbonyl (C=O) groups is 1. The van der Waals surface area contributed by atoms with Crippen molar-refractivity contribution in [1.29, 1.82) is 0 Å². The zero-order valence-electron chi connectivity index (χ0n) is 17.4. The molecule has 0 spiro atoms. The van der Waals surface area contributed by atoms with Crippen molar-refractivity contribution < 1.29 is 9.53 Å². The third kappa shape index (κ3) is 3.82. The SMILES string of the molecule is NC(=O)N1Cc2cnccc2C1c1ccc(C2CCN(CC3CCOC3)CC2)cc1. The molecule has 2 amide bonds. The minimum absolute atomic E-state index is 0.120. The molecule has 2 atom stereocenters. The van der Waals surface area contributed by atoms with Gasteiger partial charge >= 0.3 is 6.03 Å². The van der Waals surface area contributed by atoms with Gasteiger partial charge in [0.05, 0.1) is 19.2 Å². The minimum Gasteiger partial charge on any atom is -0.381 e. The van der Waals surface area contributed by atoms with Gasteiger partial charge in [-0.3, -0.25) is 4.98 Å². The Balaban J connectivity index is 1.26. The number of benzene rings is 1. The van der Waals surface area contributed by atoms with Gasteiger partial charge in [0.15, 0.2) is 0 Å². The number of aromatic nitrogens is 1. The summed E-state index contributed by atoms with van der Waals surface area (Å²) in [5.74, 6) is 1.33. The fourth-order valence-corrected chi connectivity index (χ4v) is 5.34. The summed E-state index contributed by atoms with van der Waals surface area (Å²) in [6.07, 6.45) is 7.25. The zero-order chi connectivity index (χ0) is 20.5. The molecule has 2 fully saturated rings.